The first-order valence-electron chi connectivity index (χ1n) is 12.6. The number of esters is 1. The molecule has 0 radical (unpaired) electrons. The number of halogens is 1. The Kier molecular flexibility index (Phi) is 10.7. The number of rotatable bonds is 4. The molecule has 2 amide bonds. The Labute approximate surface area is 227 Å². The molecular weight excluding hydrogens is 564 g/mol. The van der Waals surface area contributed by atoms with Gasteiger partial charge in [-0.2, -0.15) is 8.42 Å². The lowest BCUT2D eigenvalue weighted by Gasteiger charge is -2.36. The van der Waals surface area contributed by atoms with E-state index in [2.05, 4.69) is 21.2 Å². The van der Waals surface area contributed by atoms with Crippen LogP contribution in [-0.4, -0.2) is 63.9 Å². The lowest BCUT2D eigenvalue weighted by Crippen LogP contribution is -2.51. The average Bonchev–Trinajstić information content (AvgIpc) is 2.88. The summed E-state index contributed by atoms with van der Waals surface area (Å²) in [7, 11) is -1.08. The number of carbonyl (C=O) groups is 3. The number of nitrogens with zero attached hydrogens (tertiary/aromatic N) is 1. The van der Waals surface area contributed by atoms with Crippen molar-refractivity contribution in [3.05, 3.63) is 40.9 Å². The Morgan fingerprint density at radius 2 is 1.73 bits per heavy atom. The van der Waals surface area contributed by atoms with Crippen LogP contribution < -0.4 is 5.32 Å². The molecule has 0 spiro atoms. The molecule has 4 atom stereocenters. The minimum absolute atomic E-state index is 0.0129. The molecule has 1 fully saturated rings. The molecule has 3 rings (SSSR count). The zero-order chi connectivity index (χ0) is 27.0. The maximum atomic E-state index is 13.5. The third kappa shape index (κ3) is 8.12. The molecule has 2 aliphatic rings. The van der Waals surface area contributed by atoms with E-state index >= 15 is 0 Å². The summed E-state index contributed by atoms with van der Waals surface area (Å²) in [6, 6.07) is 5.23. The first-order chi connectivity index (χ1) is 17.6. The highest BCUT2D eigenvalue weighted by atomic mass is 79.9. The van der Waals surface area contributed by atoms with Crippen LogP contribution in [0.3, 0.4) is 0 Å². The van der Waals surface area contributed by atoms with Crippen LogP contribution in [0.2, 0.25) is 0 Å². The van der Waals surface area contributed by atoms with Crippen LogP contribution in [0.5, 0.6) is 0 Å². The van der Waals surface area contributed by atoms with Crippen LogP contribution in [0.15, 0.2) is 45.8 Å². The van der Waals surface area contributed by atoms with Gasteiger partial charge in [0.15, 0.2) is 0 Å². The molecule has 1 heterocycles. The van der Waals surface area contributed by atoms with Crippen LogP contribution in [0.4, 0.5) is 0 Å². The van der Waals surface area contributed by atoms with Gasteiger partial charge in [-0.3, -0.25) is 13.8 Å². The number of benzene rings is 1. The summed E-state index contributed by atoms with van der Waals surface area (Å²) in [5.41, 5.74) is 0. The molecule has 9 nitrogen and oxygen atoms in total. The highest BCUT2D eigenvalue weighted by Crippen LogP contribution is 2.35. The Hall–Kier alpha value is -2.24. The molecule has 0 aromatic heterocycles. The van der Waals surface area contributed by atoms with Gasteiger partial charge in [0.25, 0.3) is 10.1 Å². The van der Waals surface area contributed by atoms with Crippen molar-refractivity contribution in [1.82, 2.24) is 10.2 Å². The molecule has 0 bridgehead atoms. The van der Waals surface area contributed by atoms with Crippen molar-refractivity contribution in [2.75, 3.05) is 20.7 Å². The minimum atomic E-state index is -4.07. The van der Waals surface area contributed by atoms with Crippen LogP contribution in [-0.2, 0) is 33.4 Å². The highest BCUT2D eigenvalue weighted by Gasteiger charge is 2.43. The maximum Gasteiger partial charge on any atom is 0.328 e. The molecule has 0 unspecified atom stereocenters. The van der Waals surface area contributed by atoms with Crippen molar-refractivity contribution < 1.29 is 31.7 Å². The van der Waals surface area contributed by atoms with Gasteiger partial charge < -0.3 is 15.0 Å². The van der Waals surface area contributed by atoms with Gasteiger partial charge in [0.05, 0.1) is 24.0 Å². The number of hydrogen-bond acceptors (Lipinski definition) is 7. The summed E-state index contributed by atoms with van der Waals surface area (Å²) in [6.07, 6.45) is 7.47. The molecule has 1 aromatic carbocycles. The number of hydrogen-bond donors (Lipinski definition) is 1. The molecule has 1 N–H and O–H groups in total. The lowest BCUT2D eigenvalue weighted by molar-refractivity contribution is -0.148. The van der Waals surface area contributed by atoms with Crippen molar-refractivity contribution in [3.8, 4) is 0 Å². The fourth-order valence-electron chi connectivity index (χ4n) is 4.81. The zero-order valence-electron chi connectivity index (χ0n) is 21.2. The van der Waals surface area contributed by atoms with Crippen molar-refractivity contribution in [2.24, 2.45) is 11.8 Å². The van der Waals surface area contributed by atoms with Crippen molar-refractivity contribution in [3.63, 3.8) is 0 Å². The molecule has 1 aliphatic carbocycles. The van der Waals surface area contributed by atoms with Crippen molar-refractivity contribution >= 4 is 43.8 Å². The van der Waals surface area contributed by atoms with E-state index in [1.807, 2.05) is 12.2 Å². The number of ether oxygens (including phenoxy) is 1. The zero-order valence-corrected chi connectivity index (χ0v) is 23.6. The van der Waals surface area contributed by atoms with Crippen LogP contribution in [0.25, 0.3) is 0 Å². The quantitative estimate of drug-likeness (QED) is 0.319. The average molecular weight is 600 g/mol. The number of nitrogens with one attached hydrogen (secondary N) is 1. The van der Waals surface area contributed by atoms with Crippen molar-refractivity contribution in [1.29, 1.82) is 0 Å². The van der Waals surface area contributed by atoms with Gasteiger partial charge in [-0.1, -0.05) is 28.1 Å². The fraction of sp³-hybridized carbons (Fsp3) is 0.577. The molecule has 204 valence electrons. The number of allylic oxidation sites excluding steroid dienone is 2. The van der Waals surface area contributed by atoms with Gasteiger partial charge in [0, 0.05) is 24.0 Å². The summed E-state index contributed by atoms with van der Waals surface area (Å²) < 4.78 is 36.9. The second-order valence-corrected chi connectivity index (χ2v) is 12.0. The van der Waals surface area contributed by atoms with Crippen LogP contribution in [0, 0.1) is 11.8 Å². The van der Waals surface area contributed by atoms with E-state index in [1.165, 1.54) is 19.2 Å². The molecule has 11 heteroatoms. The Bertz CT molecular complexity index is 1090. The molecule has 0 saturated heterocycles. The minimum Gasteiger partial charge on any atom is -0.467 e. The van der Waals surface area contributed by atoms with Gasteiger partial charge in [0.1, 0.15) is 6.04 Å². The smallest absolute Gasteiger partial charge is 0.328 e. The summed E-state index contributed by atoms with van der Waals surface area (Å²) in [5.74, 6) is -2.68. The van der Waals surface area contributed by atoms with E-state index in [0.717, 1.165) is 23.7 Å². The van der Waals surface area contributed by atoms with E-state index in [1.54, 1.807) is 24.1 Å². The normalized spacial score (nSPS) is 26.4. The van der Waals surface area contributed by atoms with Crippen molar-refractivity contribution in [2.45, 2.75) is 68.4 Å². The second-order valence-electron chi connectivity index (χ2n) is 9.54. The largest absolute Gasteiger partial charge is 0.467 e. The molecular formula is C26H35BrN2O7S. The summed E-state index contributed by atoms with van der Waals surface area (Å²) >= 11 is 3.28. The third-order valence-corrected chi connectivity index (χ3v) is 8.81. The van der Waals surface area contributed by atoms with Crippen LogP contribution >= 0.6 is 15.9 Å². The first-order valence-corrected chi connectivity index (χ1v) is 14.8. The molecule has 1 aliphatic heterocycles. The first kappa shape index (κ1) is 29.3. The molecule has 1 aromatic rings. The second kappa shape index (κ2) is 13.5. The highest BCUT2D eigenvalue weighted by molar-refractivity contribution is 9.10. The van der Waals surface area contributed by atoms with E-state index in [-0.39, 0.29) is 17.2 Å². The predicted molar refractivity (Wildman–Crippen MR) is 141 cm³/mol. The molecule has 1 saturated carbocycles. The Balaban J connectivity index is 1.84. The number of carbonyl (C=O) groups excluding carboxylic acids is 3. The van der Waals surface area contributed by atoms with E-state index in [4.69, 9.17) is 8.92 Å². The SMILES string of the molecule is COC(=O)[C@H]1CCC=CCCCCN(C)C(=O)[C@@H]2CC[C@@H](OS(=O)(=O)c3ccc(Br)cc3)C[C@H]2C(=O)N1. The van der Waals surface area contributed by atoms with Crippen LogP contribution in [0.1, 0.15) is 51.4 Å². The summed E-state index contributed by atoms with van der Waals surface area (Å²) in [4.78, 5) is 40.9. The standard InChI is InChI=1S/C26H35BrN2O7S/c1-29-16-8-6-4-3-5-7-9-23(26(32)35-2)28-24(30)22-17-19(12-15-21(22)25(29)31)36-37(33,34)20-13-10-18(27)11-14-20/h3,5,10-11,13-14,19,21-23H,4,6-9,12,15-17H2,1-2H3,(H,28,30)/t19-,21-,22-,23-/m1/s1. The topological polar surface area (TPSA) is 119 Å². The number of fused-ring (bicyclic) bond motifs is 1. The lowest BCUT2D eigenvalue weighted by atomic mass is 9.76. The third-order valence-electron chi connectivity index (χ3n) is 6.90. The van der Waals surface area contributed by atoms with Gasteiger partial charge in [-0.05, 0) is 75.6 Å². The van der Waals surface area contributed by atoms with E-state index in [9.17, 15) is 22.8 Å². The number of methoxy groups -OCH3 is 1. The van der Waals surface area contributed by atoms with E-state index in [0.29, 0.717) is 32.2 Å². The van der Waals surface area contributed by atoms with Gasteiger partial charge in [-0.15, -0.1) is 0 Å². The van der Waals surface area contributed by atoms with Gasteiger partial charge in [-0.25, -0.2) is 4.79 Å². The Morgan fingerprint density at radius 3 is 2.43 bits per heavy atom. The Morgan fingerprint density at radius 1 is 1.03 bits per heavy atom. The maximum absolute atomic E-state index is 13.5. The monoisotopic (exact) mass is 598 g/mol. The van der Waals surface area contributed by atoms with Gasteiger partial charge >= 0.3 is 5.97 Å². The number of amides is 2. The summed E-state index contributed by atoms with van der Waals surface area (Å²) in [5, 5.41) is 2.76. The van der Waals surface area contributed by atoms with Gasteiger partial charge in [0.2, 0.25) is 11.8 Å². The summed E-state index contributed by atoms with van der Waals surface area (Å²) in [6.45, 7) is 0.570. The predicted octanol–water partition coefficient (Wildman–Crippen LogP) is 3.58. The fourth-order valence-corrected chi connectivity index (χ4v) is 6.19. The van der Waals surface area contributed by atoms with E-state index < -0.39 is 46.0 Å². The molecule has 37 heavy (non-hydrogen) atoms.